The van der Waals surface area contributed by atoms with Gasteiger partial charge in [0.2, 0.25) is 5.78 Å². The second-order valence-corrected chi connectivity index (χ2v) is 4.32. The average molecular weight is 287 g/mol. The summed E-state index contributed by atoms with van der Waals surface area (Å²) in [5.74, 6) is 1.14. The lowest BCUT2D eigenvalue weighted by atomic mass is 9.99. The molecule has 0 amide bonds. The molecule has 21 heavy (non-hydrogen) atoms. The fourth-order valence-electron chi connectivity index (χ4n) is 2.07. The van der Waals surface area contributed by atoms with Crippen LogP contribution in [0.5, 0.6) is 17.2 Å². The fourth-order valence-corrected chi connectivity index (χ4v) is 2.07. The number of ether oxygens (including phenoxy) is 3. The number of hydrogen-bond donors (Lipinski definition) is 1. The Labute approximate surface area is 123 Å². The molecular formula is C16H17NO4. The Kier molecular flexibility index (Phi) is 4.33. The van der Waals surface area contributed by atoms with Crippen molar-refractivity contribution >= 4 is 11.5 Å². The third-order valence-corrected chi connectivity index (χ3v) is 3.16. The van der Waals surface area contributed by atoms with Gasteiger partial charge >= 0.3 is 0 Å². The van der Waals surface area contributed by atoms with Gasteiger partial charge in [0, 0.05) is 11.3 Å². The maximum absolute atomic E-state index is 12.8. The van der Waals surface area contributed by atoms with E-state index in [1.807, 2.05) is 0 Å². The molecule has 2 N–H and O–H groups in total. The summed E-state index contributed by atoms with van der Waals surface area (Å²) < 4.78 is 15.6. The Morgan fingerprint density at radius 2 is 1.57 bits per heavy atom. The smallest absolute Gasteiger partial charge is 0.202 e. The monoisotopic (exact) mass is 287 g/mol. The Bertz CT molecular complexity index is 645. The number of carbonyl (C=O) groups is 1. The molecule has 0 radical (unpaired) electrons. The van der Waals surface area contributed by atoms with Crippen molar-refractivity contribution in [1.29, 1.82) is 0 Å². The van der Waals surface area contributed by atoms with E-state index in [-0.39, 0.29) is 5.78 Å². The summed E-state index contributed by atoms with van der Waals surface area (Å²) in [5.41, 5.74) is 6.96. The molecule has 0 bridgehead atoms. The maximum Gasteiger partial charge on any atom is 0.202 e. The molecule has 2 aromatic rings. The first-order valence-electron chi connectivity index (χ1n) is 6.31. The number of nitrogens with two attached hydrogens (primary N) is 1. The third kappa shape index (κ3) is 2.76. The minimum Gasteiger partial charge on any atom is -0.497 e. The molecule has 0 spiro atoms. The highest BCUT2D eigenvalue weighted by Gasteiger charge is 2.22. The molecule has 5 nitrogen and oxygen atoms in total. The number of benzene rings is 2. The summed E-state index contributed by atoms with van der Waals surface area (Å²) in [6, 6.07) is 10.1. The normalized spacial score (nSPS) is 10.0. The van der Waals surface area contributed by atoms with Gasteiger partial charge in [0.1, 0.15) is 22.8 Å². The predicted octanol–water partition coefficient (Wildman–Crippen LogP) is 2.53. The molecule has 0 heterocycles. The molecule has 0 saturated carbocycles. The van der Waals surface area contributed by atoms with E-state index in [2.05, 4.69) is 0 Å². The summed E-state index contributed by atoms with van der Waals surface area (Å²) in [6.45, 7) is 0. The van der Waals surface area contributed by atoms with E-state index in [1.165, 1.54) is 21.3 Å². The minimum absolute atomic E-state index is 0.277. The molecule has 0 aromatic heterocycles. The van der Waals surface area contributed by atoms with Crippen molar-refractivity contribution in [1.82, 2.24) is 0 Å². The Hall–Kier alpha value is -2.69. The lowest BCUT2D eigenvalue weighted by Gasteiger charge is -2.13. The Morgan fingerprint density at radius 3 is 2.10 bits per heavy atom. The van der Waals surface area contributed by atoms with Crippen LogP contribution in [0.3, 0.4) is 0 Å². The number of rotatable bonds is 5. The Balaban J connectivity index is 2.59. The van der Waals surface area contributed by atoms with Crippen molar-refractivity contribution in [3.8, 4) is 17.2 Å². The number of carbonyl (C=O) groups excluding carboxylic acids is 1. The molecule has 0 aliphatic heterocycles. The molecule has 5 heteroatoms. The van der Waals surface area contributed by atoms with Crippen molar-refractivity contribution in [2.45, 2.75) is 0 Å². The maximum atomic E-state index is 12.8. The van der Waals surface area contributed by atoms with Crippen LogP contribution in [-0.4, -0.2) is 27.1 Å². The van der Waals surface area contributed by atoms with Gasteiger partial charge in [0.15, 0.2) is 0 Å². The number of hydrogen-bond acceptors (Lipinski definition) is 5. The number of anilines is 1. The zero-order valence-electron chi connectivity index (χ0n) is 12.2. The SMILES string of the molecule is COc1ccc(N)c(C(=O)c2c(OC)cccc2OC)c1. The van der Waals surface area contributed by atoms with Crippen molar-refractivity contribution < 1.29 is 19.0 Å². The fraction of sp³-hybridized carbons (Fsp3) is 0.188. The van der Waals surface area contributed by atoms with Crippen molar-refractivity contribution in [3.63, 3.8) is 0 Å². The Morgan fingerprint density at radius 1 is 0.952 bits per heavy atom. The van der Waals surface area contributed by atoms with E-state index in [0.717, 1.165) is 0 Å². The van der Waals surface area contributed by atoms with Gasteiger partial charge in [0.25, 0.3) is 0 Å². The minimum atomic E-state index is -0.277. The van der Waals surface area contributed by atoms with Crippen molar-refractivity contribution in [3.05, 3.63) is 47.5 Å². The zero-order chi connectivity index (χ0) is 15.4. The summed E-state index contributed by atoms with van der Waals surface area (Å²) in [7, 11) is 4.53. The lowest BCUT2D eigenvalue weighted by Crippen LogP contribution is -2.09. The lowest BCUT2D eigenvalue weighted by molar-refractivity contribution is 0.103. The molecular weight excluding hydrogens is 270 g/mol. The van der Waals surface area contributed by atoms with Gasteiger partial charge in [-0.05, 0) is 30.3 Å². The molecule has 0 unspecified atom stereocenters. The first kappa shape index (κ1) is 14.7. The van der Waals surface area contributed by atoms with E-state index in [0.29, 0.717) is 34.1 Å². The summed E-state index contributed by atoms with van der Waals surface area (Å²) in [6.07, 6.45) is 0. The highest BCUT2D eigenvalue weighted by atomic mass is 16.5. The summed E-state index contributed by atoms with van der Waals surface area (Å²) in [4.78, 5) is 12.8. The molecule has 110 valence electrons. The number of nitrogen functional groups attached to an aromatic ring is 1. The van der Waals surface area contributed by atoms with Crippen molar-refractivity contribution in [2.24, 2.45) is 0 Å². The van der Waals surface area contributed by atoms with E-state index in [1.54, 1.807) is 36.4 Å². The van der Waals surface area contributed by atoms with Gasteiger partial charge < -0.3 is 19.9 Å². The van der Waals surface area contributed by atoms with Crippen LogP contribution in [0.4, 0.5) is 5.69 Å². The molecule has 2 rings (SSSR count). The van der Waals surface area contributed by atoms with Crippen LogP contribution in [0.1, 0.15) is 15.9 Å². The molecule has 0 aliphatic carbocycles. The van der Waals surface area contributed by atoms with Crippen LogP contribution in [0.15, 0.2) is 36.4 Å². The standard InChI is InChI=1S/C16H17NO4/c1-19-10-7-8-12(17)11(9-10)16(18)15-13(20-2)5-4-6-14(15)21-3/h4-9H,17H2,1-3H3. The number of ketones is 1. The van der Waals surface area contributed by atoms with Crippen LogP contribution < -0.4 is 19.9 Å². The van der Waals surface area contributed by atoms with Crippen LogP contribution in [0, 0.1) is 0 Å². The quantitative estimate of drug-likeness (QED) is 0.676. The van der Waals surface area contributed by atoms with Gasteiger partial charge in [-0.2, -0.15) is 0 Å². The third-order valence-electron chi connectivity index (χ3n) is 3.16. The van der Waals surface area contributed by atoms with Crippen LogP contribution in [0.2, 0.25) is 0 Å². The van der Waals surface area contributed by atoms with E-state index in [9.17, 15) is 4.79 Å². The molecule has 0 saturated heterocycles. The zero-order valence-corrected chi connectivity index (χ0v) is 12.2. The summed E-state index contributed by atoms with van der Waals surface area (Å²) >= 11 is 0. The van der Waals surface area contributed by atoms with Crippen LogP contribution in [-0.2, 0) is 0 Å². The predicted molar refractivity (Wildman–Crippen MR) is 80.4 cm³/mol. The van der Waals surface area contributed by atoms with Crippen molar-refractivity contribution in [2.75, 3.05) is 27.1 Å². The van der Waals surface area contributed by atoms with Gasteiger partial charge in [-0.3, -0.25) is 4.79 Å². The number of methoxy groups -OCH3 is 3. The average Bonchev–Trinajstić information content (AvgIpc) is 2.53. The van der Waals surface area contributed by atoms with Gasteiger partial charge in [0.05, 0.1) is 21.3 Å². The van der Waals surface area contributed by atoms with E-state index < -0.39 is 0 Å². The van der Waals surface area contributed by atoms with E-state index in [4.69, 9.17) is 19.9 Å². The molecule has 0 atom stereocenters. The first-order chi connectivity index (χ1) is 10.1. The highest BCUT2D eigenvalue weighted by molar-refractivity contribution is 6.15. The second-order valence-electron chi connectivity index (χ2n) is 4.32. The topological polar surface area (TPSA) is 70.8 Å². The van der Waals surface area contributed by atoms with Crippen LogP contribution in [0.25, 0.3) is 0 Å². The summed E-state index contributed by atoms with van der Waals surface area (Å²) in [5, 5.41) is 0. The molecule has 2 aromatic carbocycles. The van der Waals surface area contributed by atoms with Gasteiger partial charge in [-0.1, -0.05) is 6.07 Å². The second kappa shape index (κ2) is 6.17. The van der Waals surface area contributed by atoms with Gasteiger partial charge in [-0.15, -0.1) is 0 Å². The highest BCUT2D eigenvalue weighted by Crippen LogP contribution is 2.32. The first-order valence-corrected chi connectivity index (χ1v) is 6.31. The van der Waals surface area contributed by atoms with E-state index >= 15 is 0 Å². The van der Waals surface area contributed by atoms with Crippen LogP contribution >= 0.6 is 0 Å². The van der Waals surface area contributed by atoms with Gasteiger partial charge in [-0.25, -0.2) is 0 Å². The largest absolute Gasteiger partial charge is 0.497 e. The molecule has 0 aliphatic rings. The molecule has 0 fully saturated rings.